The Labute approximate surface area is 85.9 Å². The van der Waals surface area contributed by atoms with Crippen LogP contribution in [0.5, 0.6) is 0 Å². The highest BCUT2D eigenvalue weighted by molar-refractivity contribution is 5.25. The number of aromatic nitrogens is 4. The van der Waals surface area contributed by atoms with E-state index in [2.05, 4.69) is 20.8 Å². The van der Waals surface area contributed by atoms with Gasteiger partial charge >= 0.3 is 0 Å². The first-order chi connectivity index (χ1) is 7.25. The third kappa shape index (κ3) is 2.28. The first-order valence-corrected chi connectivity index (χ1v) is 4.46. The molecule has 15 heavy (non-hydrogen) atoms. The molecular weight excluding hydrogens is 197 g/mol. The van der Waals surface area contributed by atoms with Gasteiger partial charge in [-0.25, -0.2) is 9.07 Å². The quantitative estimate of drug-likeness (QED) is 0.814. The third-order valence-electron chi connectivity index (χ3n) is 1.98. The van der Waals surface area contributed by atoms with Crippen molar-refractivity contribution in [3.63, 3.8) is 0 Å². The Hall–Kier alpha value is -1.98. The van der Waals surface area contributed by atoms with Crippen LogP contribution in [0.15, 0.2) is 24.3 Å². The lowest BCUT2D eigenvalue weighted by Crippen LogP contribution is -2.05. The molecule has 0 unspecified atom stereocenters. The highest BCUT2D eigenvalue weighted by atomic mass is 19.1. The maximum Gasteiger partial charge on any atom is 0.242 e. The number of rotatable bonds is 3. The van der Waals surface area contributed by atoms with Gasteiger partial charge < -0.3 is 5.32 Å². The van der Waals surface area contributed by atoms with Gasteiger partial charge in [0.05, 0.1) is 0 Å². The number of anilines is 1. The summed E-state index contributed by atoms with van der Waals surface area (Å²) < 4.78 is 14.1. The summed E-state index contributed by atoms with van der Waals surface area (Å²) in [6, 6.07) is 6.27. The van der Waals surface area contributed by atoms with Crippen LogP contribution in [0.4, 0.5) is 10.3 Å². The van der Waals surface area contributed by atoms with Crippen molar-refractivity contribution in [3.05, 3.63) is 35.6 Å². The van der Waals surface area contributed by atoms with Crippen LogP contribution in [0.2, 0.25) is 0 Å². The van der Waals surface area contributed by atoms with E-state index in [0.717, 1.165) is 5.56 Å². The zero-order valence-electron chi connectivity index (χ0n) is 8.18. The van der Waals surface area contributed by atoms with Crippen LogP contribution in [-0.4, -0.2) is 20.2 Å². The molecule has 0 fully saturated rings. The molecule has 0 radical (unpaired) electrons. The zero-order chi connectivity index (χ0) is 10.7. The first kappa shape index (κ1) is 9.57. The number of nitrogens with one attached hydrogen (secondary N) is 1. The van der Waals surface area contributed by atoms with E-state index < -0.39 is 0 Å². The maximum absolute atomic E-state index is 12.6. The number of nitrogens with zero attached hydrogens (tertiary/aromatic N) is 4. The van der Waals surface area contributed by atoms with Crippen LogP contribution in [0.1, 0.15) is 5.56 Å². The van der Waals surface area contributed by atoms with Crippen molar-refractivity contribution in [2.75, 3.05) is 5.32 Å². The summed E-state index contributed by atoms with van der Waals surface area (Å²) in [6.07, 6.45) is 0. The van der Waals surface area contributed by atoms with E-state index in [0.29, 0.717) is 12.5 Å². The molecule has 0 spiro atoms. The minimum absolute atomic E-state index is 0.237. The van der Waals surface area contributed by atoms with Crippen LogP contribution in [0, 0.1) is 5.82 Å². The minimum atomic E-state index is -0.237. The van der Waals surface area contributed by atoms with E-state index >= 15 is 0 Å². The van der Waals surface area contributed by atoms with Gasteiger partial charge in [-0.1, -0.05) is 17.2 Å². The van der Waals surface area contributed by atoms with Gasteiger partial charge in [0, 0.05) is 13.6 Å². The number of hydrogen-bond acceptors (Lipinski definition) is 4. The molecule has 1 N–H and O–H groups in total. The number of tetrazole rings is 1. The monoisotopic (exact) mass is 207 g/mol. The van der Waals surface area contributed by atoms with Gasteiger partial charge in [-0.2, -0.15) is 0 Å². The fourth-order valence-corrected chi connectivity index (χ4v) is 1.16. The molecule has 0 aliphatic rings. The molecule has 0 saturated heterocycles. The van der Waals surface area contributed by atoms with Gasteiger partial charge in [0.25, 0.3) is 0 Å². The molecule has 78 valence electrons. The number of hydrogen-bond donors (Lipinski definition) is 1. The Morgan fingerprint density at radius 3 is 2.67 bits per heavy atom. The van der Waals surface area contributed by atoms with Crippen molar-refractivity contribution in [1.82, 2.24) is 20.2 Å². The normalized spacial score (nSPS) is 10.3. The lowest BCUT2D eigenvalue weighted by molar-refractivity contribution is 0.627. The van der Waals surface area contributed by atoms with Crippen molar-refractivity contribution in [1.29, 1.82) is 0 Å². The summed E-state index contributed by atoms with van der Waals surface area (Å²) in [5.74, 6) is 0.346. The summed E-state index contributed by atoms with van der Waals surface area (Å²) in [6.45, 7) is 0.564. The van der Waals surface area contributed by atoms with E-state index in [1.807, 2.05) is 0 Å². The molecule has 0 aliphatic heterocycles. The van der Waals surface area contributed by atoms with E-state index in [9.17, 15) is 4.39 Å². The summed E-state index contributed by atoms with van der Waals surface area (Å²) in [4.78, 5) is 0. The standard InChI is InChI=1S/C9H10FN5/c1-15-9(12-13-14-15)11-6-7-2-4-8(10)5-3-7/h2-5H,6H2,1H3,(H,11,12,14). The molecule has 6 heteroatoms. The first-order valence-electron chi connectivity index (χ1n) is 4.46. The topological polar surface area (TPSA) is 55.6 Å². The second-order valence-electron chi connectivity index (χ2n) is 3.11. The van der Waals surface area contributed by atoms with E-state index in [1.165, 1.54) is 16.8 Å². The smallest absolute Gasteiger partial charge is 0.242 e. The molecule has 2 rings (SSSR count). The molecule has 0 aliphatic carbocycles. The molecule has 1 aromatic carbocycles. The van der Waals surface area contributed by atoms with Crippen LogP contribution >= 0.6 is 0 Å². The minimum Gasteiger partial charge on any atom is -0.349 e. The average molecular weight is 207 g/mol. The van der Waals surface area contributed by atoms with Crippen molar-refractivity contribution in [2.45, 2.75) is 6.54 Å². The van der Waals surface area contributed by atoms with Crippen LogP contribution in [0.25, 0.3) is 0 Å². The third-order valence-corrected chi connectivity index (χ3v) is 1.98. The van der Waals surface area contributed by atoms with Crippen molar-refractivity contribution in [3.8, 4) is 0 Å². The fraction of sp³-hybridized carbons (Fsp3) is 0.222. The van der Waals surface area contributed by atoms with Gasteiger partial charge in [-0.15, -0.1) is 0 Å². The molecule has 0 atom stereocenters. The Balaban J connectivity index is 1.99. The number of benzene rings is 1. The van der Waals surface area contributed by atoms with E-state index in [-0.39, 0.29) is 5.82 Å². The molecule has 1 heterocycles. The highest BCUT2D eigenvalue weighted by Crippen LogP contribution is 2.05. The molecule has 0 bridgehead atoms. The second kappa shape index (κ2) is 4.04. The second-order valence-corrected chi connectivity index (χ2v) is 3.11. The Kier molecular flexibility index (Phi) is 2.57. The van der Waals surface area contributed by atoms with E-state index in [4.69, 9.17) is 0 Å². The predicted molar refractivity (Wildman–Crippen MR) is 52.5 cm³/mol. The van der Waals surface area contributed by atoms with Gasteiger partial charge in [0.15, 0.2) is 0 Å². The van der Waals surface area contributed by atoms with Gasteiger partial charge in [-0.3, -0.25) is 0 Å². The number of aryl methyl sites for hydroxylation is 1. The SMILES string of the molecule is Cn1nnnc1NCc1ccc(F)cc1. The van der Waals surface area contributed by atoms with Crippen molar-refractivity contribution < 1.29 is 4.39 Å². The number of halogens is 1. The summed E-state index contributed by atoms with van der Waals surface area (Å²) in [5, 5.41) is 14.0. The molecule has 2 aromatic rings. The van der Waals surface area contributed by atoms with E-state index in [1.54, 1.807) is 19.2 Å². The maximum atomic E-state index is 12.6. The largest absolute Gasteiger partial charge is 0.349 e. The molecule has 0 amide bonds. The average Bonchev–Trinajstić information content (AvgIpc) is 2.63. The zero-order valence-corrected chi connectivity index (χ0v) is 8.18. The summed E-state index contributed by atoms with van der Waals surface area (Å²) in [7, 11) is 1.74. The Morgan fingerprint density at radius 2 is 2.07 bits per heavy atom. The van der Waals surface area contributed by atoms with Crippen LogP contribution < -0.4 is 5.32 Å². The van der Waals surface area contributed by atoms with Crippen molar-refractivity contribution >= 4 is 5.95 Å². The fourth-order valence-electron chi connectivity index (χ4n) is 1.16. The molecule has 5 nitrogen and oxygen atoms in total. The lowest BCUT2D eigenvalue weighted by atomic mass is 10.2. The summed E-state index contributed by atoms with van der Waals surface area (Å²) >= 11 is 0. The van der Waals surface area contributed by atoms with Crippen LogP contribution in [0.3, 0.4) is 0 Å². The molecule has 1 aromatic heterocycles. The lowest BCUT2D eigenvalue weighted by Gasteiger charge is -2.03. The predicted octanol–water partition coefficient (Wildman–Crippen LogP) is 0.961. The van der Waals surface area contributed by atoms with Gasteiger partial charge in [-0.05, 0) is 28.1 Å². The van der Waals surface area contributed by atoms with Crippen LogP contribution in [-0.2, 0) is 13.6 Å². The van der Waals surface area contributed by atoms with Gasteiger partial charge in [0.2, 0.25) is 5.95 Å². The highest BCUT2D eigenvalue weighted by Gasteiger charge is 2.00. The van der Waals surface area contributed by atoms with Gasteiger partial charge in [0.1, 0.15) is 5.82 Å². The Morgan fingerprint density at radius 1 is 1.33 bits per heavy atom. The Bertz CT molecular complexity index is 436. The van der Waals surface area contributed by atoms with Crippen molar-refractivity contribution in [2.24, 2.45) is 7.05 Å². The molecular formula is C9H10FN5. The molecule has 0 saturated carbocycles. The summed E-state index contributed by atoms with van der Waals surface area (Å²) in [5.41, 5.74) is 0.972.